The van der Waals surface area contributed by atoms with Crippen LogP contribution < -0.4 is 30.2 Å². The van der Waals surface area contributed by atoms with Crippen molar-refractivity contribution in [2.24, 2.45) is 5.73 Å². The topological polar surface area (TPSA) is 129 Å². The van der Waals surface area contributed by atoms with Crippen LogP contribution in [0.1, 0.15) is 22.7 Å². The van der Waals surface area contributed by atoms with Gasteiger partial charge in [-0.25, -0.2) is 0 Å². The van der Waals surface area contributed by atoms with Crippen LogP contribution in [0.2, 0.25) is 0 Å². The summed E-state index contributed by atoms with van der Waals surface area (Å²) < 4.78 is 22.2. The summed E-state index contributed by atoms with van der Waals surface area (Å²) in [6, 6.07) is 6.74. The average Bonchev–Trinajstić information content (AvgIpc) is 2.69. The molecule has 0 aliphatic carbocycles. The van der Waals surface area contributed by atoms with Crippen LogP contribution in [0.4, 0.5) is 0 Å². The second-order valence-corrected chi connectivity index (χ2v) is 6.03. The van der Waals surface area contributed by atoms with Gasteiger partial charge in [0.2, 0.25) is 11.6 Å². The van der Waals surface area contributed by atoms with Gasteiger partial charge >= 0.3 is 0 Å². The van der Waals surface area contributed by atoms with E-state index in [2.05, 4.69) is 0 Å². The van der Waals surface area contributed by atoms with Crippen LogP contribution in [0.3, 0.4) is 0 Å². The van der Waals surface area contributed by atoms with E-state index in [1.54, 1.807) is 12.1 Å². The molecule has 0 bridgehead atoms. The Bertz CT molecular complexity index is 1080. The Kier molecular flexibility index (Phi) is 4.79. The van der Waals surface area contributed by atoms with Gasteiger partial charge in [0, 0.05) is 11.6 Å². The lowest BCUT2D eigenvalue weighted by Gasteiger charge is -2.28. The zero-order valence-corrected chi connectivity index (χ0v) is 15.8. The molecule has 0 amide bonds. The third kappa shape index (κ3) is 2.66. The quantitative estimate of drug-likeness (QED) is 0.760. The maximum absolute atomic E-state index is 12.8. The second-order valence-electron chi connectivity index (χ2n) is 6.03. The molecule has 0 saturated carbocycles. The first-order valence-electron chi connectivity index (χ1n) is 8.21. The van der Waals surface area contributed by atoms with Gasteiger partial charge in [-0.05, 0) is 13.0 Å². The SMILES string of the molecule is COc1ccc(C2C(C#N)=C(N)Oc3cc(C)n(O)c(=O)c32)c(OC)c1OC. The van der Waals surface area contributed by atoms with Crippen LogP contribution in [0.15, 0.2) is 34.4 Å². The van der Waals surface area contributed by atoms with Gasteiger partial charge in [-0.3, -0.25) is 4.79 Å². The van der Waals surface area contributed by atoms with Crippen LogP contribution in [0, 0.1) is 18.3 Å². The molecule has 0 saturated heterocycles. The summed E-state index contributed by atoms with van der Waals surface area (Å²) >= 11 is 0. The molecule has 0 radical (unpaired) electrons. The Morgan fingerprint density at radius 2 is 1.89 bits per heavy atom. The molecule has 1 aromatic carbocycles. The van der Waals surface area contributed by atoms with Crippen molar-refractivity contribution < 1.29 is 24.2 Å². The Morgan fingerprint density at radius 1 is 1.21 bits per heavy atom. The van der Waals surface area contributed by atoms with Gasteiger partial charge in [0.05, 0.1) is 38.5 Å². The van der Waals surface area contributed by atoms with Gasteiger partial charge in [0.15, 0.2) is 11.5 Å². The number of allylic oxidation sites excluding steroid dienone is 1. The third-order valence-electron chi connectivity index (χ3n) is 4.59. The Labute approximate surface area is 160 Å². The van der Waals surface area contributed by atoms with E-state index in [0.29, 0.717) is 21.8 Å². The second kappa shape index (κ2) is 7.08. The van der Waals surface area contributed by atoms with Crippen LogP contribution in [0.5, 0.6) is 23.0 Å². The standard InChI is InChI=1S/C19H19N3O6/c1-9-7-13-15(19(23)22(9)24)14(11(8-20)18(21)28-13)10-5-6-12(25-2)17(27-4)16(10)26-3/h5-7,14,24H,21H2,1-4H3. The van der Waals surface area contributed by atoms with Crippen molar-refractivity contribution in [1.29, 1.82) is 5.26 Å². The van der Waals surface area contributed by atoms with Crippen molar-refractivity contribution in [2.45, 2.75) is 12.8 Å². The van der Waals surface area contributed by atoms with E-state index in [4.69, 9.17) is 24.7 Å². The first kappa shape index (κ1) is 19.0. The summed E-state index contributed by atoms with van der Waals surface area (Å²) in [5, 5.41) is 19.8. The molecule has 0 fully saturated rings. The Balaban J connectivity index is 2.41. The number of benzene rings is 1. The summed E-state index contributed by atoms with van der Waals surface area (Å²) in [6.45, 7) is 1.54. The van der Waals surface area contributed by atoms with Crippen molar-refractivity contribution in [3.05, 3.63) is 56.8 Å². The molecule has 3 N–H and O–H groups in total. The fourth-order valence-electron chi connectivity index (χ4n) is 3.30. The largest absolute Gasteiger partial charge is 0.493 e. The highest BCUT2D eigenvalue weighted by Crippen LogP contribution is 2.48. The lowest BCUT2D eigenvalue weighted by molar-refractivity contribution is 0.165. The Hall–Kier alpha value is -3.80. The van der Waals surface area contributed by atoms with Crippen LogP contribution in [-0.2, 0) is 0 Å². The predicted molar refractivity (Wildman–Crippen MR) is 98.0 cm³/mol. The molecule has 1 unspecified atom stereocenters. The number of ether oxygens (including phenoxy) is 4. The zero-order valence-electron chi connectivity index (χ0n) is 15.8. The zero-order chi connectivity index (χ0) is 20.6. The molecule has 9 heteroatoms. The van der Waals surface area contributed by atoms with Crippen LogP contribution in [-0.4, -0.2) is 31.3 Å². The van der Waals surface area contributed by atoms with E-state index in [9.17, 15) is 15.3 Å². The van der Waals surface area contributed by atoms with Crippen molar-refractivity contribution >= 4 is 0 Å². The number of hydrogen-bond acceptors (Lipinski definition) is 8. The van der Waals surface area contributed by atoms with E-state index in [1.165, 1.54) is 34.3 Å². The molecule has 3 rings (SSSR count). The highest BCUT2D eigenvalue weighted by molar-refractivity contribution is 5.64. The van der Waals surface area contributed by atoms with Crippen molar-refractivity contribution in [2.75, 3.05) is 21.3 Å². The van der Waals surface area contributed by atoms with Gasteiger partial charge in [-0.2, -0.15) is 9.99 Å². The summed E-state index contributed by atoms with van der Waals surface area (Å²) in [5.41, 5.74) is 6.00. The number of aromatic nitrogens is 1. The van der Waals surface area contributed by atoms with Crippen molar-refractivity contribution in [3.63, 3.8) is 0 Å². The minimum Gasteiger partial charge on any atom is -0.493 e. The molecule has 28 heavy (non-hydrogen) atoms. The minimum atomic E-state index is -0.935. The monoisotopic (exact) mass is 385 g/mol. The number of nitriles is 1. The number of fused-ring (bicyclic) bond motifs is 1. The lowest BCUT2D eigenvalue weighted by atomic mass is 9.83. The number of pyridine rings is 1. The van der Waals surface area contributed by atoms with E-state index in [1.807, 2.05) is 6.07 Å². The molecule has 146 valence electrons. The Morgan fingerprint density at radius 3 is 2.46 bits per heavy atom. The summed E-state index contributed by atoms with van der Waals surface area (Å²) in [5.74, 6) is 0.0642. The fraction of sp³-hybridized carbons (Fsp3) is 0.263. The first-order chi connectivity index (χ1) is 13.4. The molecule has 2 heterocycles. The number of nitrogens with zero attached hydrogens (tertiary/aromatic N) is 2. The molecular formula is C19H19N3O6. The molecule has 1 aliphatic heterocycles. The van der Waals surface area contributed by atoms with Gasteiger partial charge < -0.3 is 29.9 Å². The summed E-state index contributed by atoms with van der Waals surface area (Å²) in [6.07, 6.45) is 0. The number of rotatable bonds is 4. The third-order valence-corrected chi connectivity index (χ3v) is 4.59. The average molecular weight is 385 g/mol. The van der Waals surface area contributed by atoms with Gasteiger partial charge in [-0.1, -0.05) is 6.07 Å². The lowest BCUT2D eigenvalue weighted by Crippen LogP contribution is -2.32. The maximum Gasteiger partial charge on any atom is 0.291 e. The van der Waals surface area contributed by atoms with E-state index in [0.717, 1.165) is 0 Å². The van der Waals surface area contributed by atoms with Crippen molar-refractivity contribution in [3.8, 4) is 29.1 Å². The molecule has 2 aromatic rings. The molecule has 1 aromatic heterocycles. The molecule has 9 nitrogen and oxygen atoms in total. The fourth-order valence-corrected chi connectivity index (χ4v) is 3.30. The molecule has 1 atom stereocenters. The summed E-state index contributed by atoms with van der Waals surface area (Å²) in [4.78, 5) is 12.8. The highest BCUT2D eigenvalue weighted by Gasteiger charge is 2.37. The molecule has 1 aliphatic rings. The van der Waals surface area contributed by atoms with E-state index in [-0.39, 0.29) is 34.2 Å². The van der Waals surface area contributed by atoms with Crippen molar-refractivity contribution in [1.82, 2.24) is 4.73 Å². The van der Waals surface area contributed by atoms with Gasteiger partial charge in [-0.15, -0.1) is 0 Å². The van der Waals surface area contributed by atoms with E-state index < -0.39 is 11.5 Å². The van der Waals surface area contributed by atoms with E-state index >= 15 is 0 Å². The number of hydrogen-bond donors (Lipinski definition) is 2. The smallest absolute Gasteiger partial charge is 0.291 e. The predicted octanol–water partition coefficient (Wildman–Crippen LogP) is 1.64. The van der Waals surface area contributed by atoms with Crippen LogP contribution >= 0.6 is 0 Å². The first-order valence-corrected chi connectivity index (χ1v) is 8.21. The number of methoxy groups -OCH3 is 3. The van der Waals surface area contributed by atoms with Gasteiger partial charge in [0.1, 0.15) is 17.4 Å². The maximum atomic E-state index is 12.8. The molecular weight excluding hydrogens is 366 g/mol. The van der Waals surface area contributed by atoms with Gasteiger partial charge in [0.25, 0.3) is 5.56 Å². The highest BCUT2D eigenvalue weighted by atomic mass is 16.5. The normalized spacial score (nSPS) is 15.3. The molecule has 0 spiro atoms. The number of aryl methyl sites for hydroxylation is 1. The number of nitrogens with two attached hydrogens (primary N) is 1. The minimum absolute atomic E-state index is 0.0129. The van der Waals surface area contributed by atoms with Crippen LogP contribution in [0.25, 0.3) is 0 Å². The summed E-state index contributed by atoms with van der Waals surface area (Å²) in [7, 11) is 4.35.